The summed E-state index contributed by atoms with van der Waals surface area (Å²) >= 11 is 0. The number of carbonyl (C=O) groups excluding carboxylic acids is 2. The van der Waals surface area contributed by atoms with Crippen LogP contribution >= 0.6 is 0 Å². The van der Waals surface area contributed by atoms with E-state index in [1.54, 1.807) is 0 Å². The lowest BCUT2D eigenvalue weighted by atomic mass is 10.2. The Hall–Kier alpha value is -3.17. The van der Waals surface area contributed by atoms with E-state index < -0.39 is 36.3 Å². The number of carbonyl (C=O) groups is 2. The zero-order valence-corrected chi connectivity index (χ0v) is 14.3. The molecule has 0 aliphatic carbocycles. The first-order chi connectivity index (χ1) is 13.1. The smallest absolute Gasteiger partial charge is 0.416 e. The molecule has 0 saturated heterocycles. The van der Waals surface area contributed by atoms with E-state index in [0.717, 1.165) is 24.3 Å². The molecule has 0 heterocycles. The van der Waals surface area contributed by atoms with Crippen LogP contribution < -0.4 is 10.1 Å². The van der Waals surface area contributed by atoms with Crippen molar-refractivity contribution in [3.63, 3.8) is 0 Å². The molecule has 1 atom stereocenters. The third-order valence-corrected chi connectivity index (χ3v) is 3.41. The number of nitrogens with one attached hydrogen (secondary N) is 1. The highest BCUT2D eigenvalue weighted by molar-refractivity contribution is 5.97. The topological polar surface area (TPSA) is 64.6 Å². The lowest BCUT2D eigenvalue weighted by Crippen LogP contribution is -2.30. The Morgan fingerprint density at radius 3 is 2.36 bits per heavy atom. The van der Waals surface area contributed by atoms with Crippen molar-refractivity contribution in [1.29, 1.82) is 0 Å². The van der Waals surface area contributed by atoms with E-state index in [1.165, 1.54) is 31.2 Å². The highest BCUT2D eigenvalue weighted by Crippen LogP contribution is 2.30. The third-order valence-electron chi connectivity index (χ3n) is 3.41. The summed E-state index contributed by atoms with van der Waals surface area (Å²) < 4.78 is 71.6. The van der Waals surface area contributed by atoms with Gasteiger partial charge < -0.3 is 14.8 Å². The first kappa shape index (κ1) is 21.1. The molecule has 0 bridgehead atoms. The molecule has 5 nitrogen and oxygen atoms in total. The summed E-state index contributed by atoms with van der Waals surface area (Å²) in [5.74, 6) is -2.13. The van der Waals surface area contributed by atoms with Crippen molar-refractivity contribution in [1.82, 2.24) is 0 Å². The van der Waals surface area contributed by atoms with Crippen molar-refractivity contribution in [3.05, 3.63) is 59.7 Å². The number of esters is 1. The minimum Gasteiger partial charge on any atom is -0.449 e. The number of ether oxygens (including phenoxy) is 2. The van der Waals surface area contributed by atoms with Crippen LogP contribution in [-0.2, 0) is 15.7 Å². The average molecular weight is 403 g/mol. The fraction of sp³-hybridized carbons (Fsp3) is 0.222. The van der Waals surface area contributed by atoms with Crippen LogP contribution in [-0.4, -0.2) is 24.6 Å². The van der Waals surface area contributed by atoms with Crippen molar-refractivity contribution in [2.45, 2.75) is 25.8 Å². The second-order valence-electron chi connectivity index (χ2n) is 5.52. The second-order valence-corrected chi connectivity index (χ2v) is 5.52. The van der Waals surface area contributed by atoms with Gasteiger partial charge in [-0.05, 0) is 43.3 Å². The summed E-state index contributed by atoms with van der Waals surface area (Å²) in [7, 11) is 0. The van der Waals surface area contributed by atoms with Crippen LogP contribution in [0.2, 0.25) is 0 Å². The van der Waals surface area contributed by atoms with E-state index in [0.29, 0.717) is 0 Å². The number of alkyl halides is 5. The quantitative estimate of drug-likeness (QED) is 0.570. The maximum atomic E-state index is 12.7. The summed E-state index contributed by atoms with van der Waals surface area (Å²) in [5, 5.41) is 2.21. The first-order valence-electron chi connectivity index (χ1n) is 7.80. The standard InChI is InChI=1S/C18H14F5NO4/c1-10(15(25)24-13-6-3-5-12(9-13)18(21,22)23)27-16(26)11-4-2-7-14(8-11)28-17(19)20/h2-10,17H,1H3,(H,24,25). The third kappa shape index (κ3) is 5.93. The van der Waals surface area contributed by atoms with Crippen LogP contribution in [0.3, 0.4) is 0 Å². The van der Waals surface area contributed by atoms with Gasteiger partial charge in [0.05, 0.1) is 11.1 Å². The lowest BCUT2D eigenvalue weighted by molar-refractivity contribution is -0.137. The van der Waals surface area contributed by atoms with Gasteiger partial charge in [-0.25, -0.2) is 4.79 Å². The molecule has 2 rings (SSSR count). The molecule has 150 valence electrons. The number of rotatable bonds is 6. The second kappa shape index (κ2) is 8.68. The lowest BCUT2D eigenvalue weighted by Gasteiger charge is -2.15. The van der Waals surface area contributed by atoms with Crippen LogP contribution in [0, 0.1) is 0 Å². The molecule has 0 spiro atoms. The summed E-state index contributed by atoms with van der Waals surface area (Å²) in [6, 6.07) is 8.68. The fourth-order valence-electron chi connectivity index (χ4n) is 2.10. The minimum atomic E-state index is -4.58. The van der Waals surface area contributed by atoms with Gasteiger partial charge in [0, 0.05) is 5.69 Å². The van der Waals surface area contributed by atoms with Gasteiger partial charge in [0.2, 0.25) is 0 Å². The van der Waals surface area contributed by atoms with Gasteiger partial charge in [-0.1, -0.05) is 12.1 Å². The Balaban J connectivity index is 2.01. The van der Waals surface area contributed by atoms with Gasteiger partial charge >= 0.3 is 18.8 Å². The van der Waals surface area contributed by atoms with Gasteiger partial charge in [-0.3, -0.25) is 4.79 Å². The van der Waals surface area contributed by atoms with E-state index in [-0.39, 0.29) is 17.0 Å². The molecule has 10 heteroatoms. The molecule has 0 saturated carbocycles. The van der Waals surface area contributed by atoms with Crippen molar-refractivity contribution in [3.8, 4) is 5.75 Å². The number of hydrogen-bond acceptors (Lipinski definition) is 4. The molecule has 2 aromatic rings. The molecule has 1 unspecified atom stereocenters. The average Bonchev–Trinajstić information content (AvgIpc) is 2.60. The number of halogens is 5. The Labute approximate surface area is 156 Å². The molecule has 0 aromatic heterocycles. The number of benzene rings is 2. The van der Waals surface area contributed by atoms with Crippen LogP contribution in [0.4, 0.5) is 27.6 Å². The molecule has 1 N–H and O–H groups in total. The van der Waals surface area contributed by atoms with Gasteiger partial charge in [0.1, 0.15) is 5.75 Å². The largest absolute Gasteiger partial charge is 0.449 e. The van der Waals surface area contributed by atoms with E-state index in [1.807, 2.05) is 0 Å². The predicted molar refractivity (Wildman–Crippen MR) is 88.0 cm³/mol. The molecule has 1 amide bonds. The number of hydrogen-bond donors (Lipinski definition) is 1. The molecular weight excluding hydrogens is 389 g/mol. The van der Waals surface area contributed by atoms with Crippen LogP contribution in [0.5, 0.6) is 5.75 Å². The van der Waals surface area contributed by atoms with Crippen molar-refractivity contribution < 1.29 is 41.0 Å². The van der Waals surface area contributed by atoms with Crippen molar-refractivity contribution in [2.24, 2.45) is 0 Å². The maximum Gasteiger partial charge on any atom is 0.416 e. The Morgan fingerprint density at radius 1 is 1.04 bits per heavy atom. The van der Waals surface area contributed by atoms with E-state index in [2.05, 4.69) is 10.1 Å². The van der Waals surface area contributed by atoms with Gasteiger partial charge in [-0.2, -0.15) is 22.0 Å². The summed E-state index contributed by atoms with van der Waals surface area (Å²) in [4.78, 5) is 24.1. The molecule has 28 heavy (non-hydrogen) atoms. The Bertz CT molecular complexity index is 854. The zero-order chi connectivity index (χ0) is 20.9. The zero-order valence-electron chi connectivity index (χ0n) is 14.3. The molecule has 0 fully saturated rings. The Kier molecular flexibility index (Phi) is 6.55. The molecule has 0 radical (unpaired) electrons. The minimum absolute atomic E-state index is 0.130. The number of anilines is 1. The van der Waals surface area contributed by atoms with Gasteiger partial charge in [0.15, 0.2) is 6.10 Å². The van der Waals surface area contributed by atoms with E-state index in [4.69, 9.17) is 4.74 Å². The molecule has 2 aromatic carbocycles. The normalized spacial score (nSPS) is 12.4. The van der Waals surface area contributed by atoms with Gasteiger partial charge in [-0.15, -0.1) is 0 Å². The summed E-state index contributed by atoms with van der Waals surface area (Å²) in [5.41, 5.74) is -1.22. The Morgan fingerprint density at radius 2 is 1.71 bits per heavy atom. The van der Waals surface area contributed by atoms with Crippen LogP contribution in [0.25, 0.3) is 0 Å². The van der Waals surface area contributed by atoms with E-state index in [9.17, 15) is 31.5 Å². The summed E-state index contributed by atoms with van der Waals surface area (Å²) in [6.07, 6.45) is -5.94. The molecule has 0 aliphatic rings. The molecular formula is C18H14F5NO4. The highest BCUT2D eigenvalue weighted by Gasteiger charge is 2.30. The fourth-order valence-corrected chi connectivity index (χ4v) is 2.10. The SMILES string of the molecule is CC(OC(=O)c1cccc(OC(F)F)c1)C(=O)Nc1cccc(C(F)(F)F)c1. The van der Waals surface area contributed by atoms with Gasteiger partial charge in [0.25, 0.3) is 5.91 Å². The molecule has 0 aliphatic heterocycles. The van der Waals surface area contributed by atoms with Crippen LogP contribution in [0.15, 0.2) is 48.5 Å². The maximum absolute atomic E-state index is 12.7. The van der Waals surface area contributed by atoms with E-state index >= 15 is 0 Å². The summed E-state index contributed by atoms with van der Waals surface area (Å²) in [6.45, 7) is -1.87. The predicted octanol–water partition coefficient (Wildman–Crippen LogP) is 4.49. The van der Waals surface area contributed by atoms with Crippen LogP contribution in [0.1, 0.15) is 22.8 Å². The first-order valence-corrected chi connectivity index (χ1v) is 7.80. The highest BCUT2D eigenvalue weighted by atomic mass is 19.4. The van der Waals surface area contributed by atoms with Crippen molar-refractivity contribution >= 4 is 17.6 Å². The van der Waals surface area contributed by atoms with Crippen molar-refractivity contribution in [2.75, 3.05) is 5.32 Å². The monoisotopic (exact) mass is 403 g/mol. The number of amides is 1.